The second-order valence-corrected chi connectivity index (χ2v) is 35.6. The van der Waals surface area contributed by atoms with Gasteiger partial charge in [0.2, 0.25) is 23.6 Å². The van der Waals surface area contributed by atoms with Crippen molar-refractivity contribution in [1.82, 2.24) is 19.9 Å². The third kappa shape index (κ3) is 12.6. The molecule has 4 aliphatic carbocycles. The first-order chi connectivity index (χ1) is 44.7. The molecule has 96 heavy (non-hydrogen) atoms. The van der Waals surface area contributed by atoms with Gasteiger partial charge in [0, 0.05) is 101 Å². The maximum atomic E-state index is 14.6. The summed E-state index contributed by atoms with van der Waals surface area (Å²) >= 11 is 0. The van der Waals surface area contributed by atoms with Gasteiger partial charge in [0.1, 0.15) is 0 Å². The average Bonchev–Trinajstić information content (AvgIpc) is 1.74. The monoisotopic (exact) mass is 1280 g/mol. The molecule has 12 nitrogen and oxygen atoms in total. The van der Waals surface area contributed by atoms with Gasteiger partial charge in [-0.3, -0.25) is 19.2 Å². The number of H-pyrrole nitrogens is 4. The summed E-state index contributed by atoms with van der Waals surface area (Å²) in [7, 11) is 0. The zero-order valence-corrected chi connectivity index (χ0v) is 60.3. The van der Waals surface area contributed by atoms with Crippen LogP contribution in [0.4, 0.5) is 22.7 Å². The largest absolute Gasteiger partial charge is 0.354 e. The number of amides is 4. The Morgan fingerprint density at radius 3 is 0.760 bits per heavy atom. The fourth-order valence-corrected chi connectivity index (χ4v) is 14.4. The van der Waals surface area contributed by atoms with Crippen LogP contribution in [-0.2, 0) is 40.8 Å². The van der Waals surface area contributed by atoms with E-state index in [2.05, 4.69) is 265 Å². The number of aromatic amines is 4. The molecule has 5 heterocycles. The molecule has 0 spiro atoms. The Bertz CT molecular complexity index is 4350. The molecule has 4 aromatic carbocycles. The van der Waals surface area contributed by atoms with Gasteiger partial charge in [-0.05, 0) is 175 Å². The molecular formula is C84H100N8O4. The predicted molar refractivity (Wildman–Crippen MR) is 391 cm³/mol. The summed E-state index contributed by atoms with van der Waals surface area (Å²) in [5.41, 5.74) is 15.3. The predicted octanol–water partition coefficient (Wildman–Crippen LogP) is 15.4. The molecule has 8 bridgehead atoms. The first kappa shape index (κ1) is 66.0. The fourth-order valence-electron chi connectivity index (χ4n) is 14.4. The minimum absolute atomic E-state index is 0.0614. The van der Waals surface area contributed by atoms with E-state index in [1.54, 1.807) is 0 Å². The van der Waals surface area contributed by atoms with E-state index in [1.165, 1.54) is 22.3 Å². The van der Waals surface area contributed by atoms with Crippen LogP contribution in [0.5, 0.6) is 0 Å². The number of fused-ring (bicyclic) bond motifs is 8. The minimum atomic E-state index is -0.228. The zero-order valence-electron chi connectivity index (χ0n) is 60.3. The molecule has 4 amide bonds. The Hall–Kier alpha value is -8.64. The van der Waals surface area contributed by atoms with E-state index in [1.807, 2.05) is 36.4 Å². The zero-order chi connectivity index (χ0) is 69.1. The van der Waals surface area contributed by atoms with E-state index >= 15 is 0 Å². The normalized spacial score (nSPS) is 20.5. The summed E-state index contributed by atoms with van der Waals surface area (Å²) in [6.07, 6.45) is 3.09. The second kappa shape index (κ2) is 22.5. The topological polar surface area (TPSA) is 180 Å². The number of aromatic nitrogens is 4. The summed E-state index contributed by atoms with van der Waals surface area (Å²) in [5.74, 6) is -0.960. The number of benzene rings is 4. The average molecular weight is 1290 g/mol. The minimum Gasteiger partial charge on any atom is -0.354 e. The molecule has 4 saturated carbocycles. The lowest BCUT2D eigenvalue weighted by molar-refractivity contribution is -0.118. The second-order valence-electron chi connectivity index (χ2n) is 35.6. The van der Waals surface area contributed by atoms with Crippen molar-refractivity contribution in [2.75, 3.05) is 21.3 Å². The maximum absolute atomic E-state index is 14.6. The highest BCUT2D eigenvalue weighted by atomic mass is 16.2. The van der Waals surface area contributed by atoms with E-state index < -0.39 is 0 Å². The quantitative estimate of drug-likeness (QED) is 0.0607. The van der Waals surface area contributed by atoms with Gasteiger partial charge in [-0.2, -0.15) is 0 Å². The Morgan fingerprint density at radius 1 is 0.323 bits per heavy atom. The molecule has 4 aromatic heterocycles. The van der Waals surface area contributed by atoms with Crippen molar-refractivity contribution < 1.29 is 19.2 Å². The van der Waals surface area contributed by atoms with Gasteiger partial charge >= 0.3 is 0 Å². The number of carbonyl (C=O) groups is 4. The lowest BCUT2D eigenvalue weighted by Gasteiger charge is -2.26. The van der Waals surface area contributed by atoms with Gasteiger partial charge in [-0.15, -0.1) is 0 Å². The molecule has 8 N–H and O–H groups in total. The van der Waals surface area contributed by atoms with Crippen LogP contribution < -0.4 is 42.7 Å². The molecule has 5 aliphatic rings. The maximum Gasteiger partial charge on any atom is 0.228 e. The summed E-state index contributed by atoms with van der Waals surface area (Å²) in [6, 6.07) is 42.7. The number of rotatable bonds is 12. The Balaban J connectivity index is 1.18. The van der Waals surface area contributed by atoms with Gasteiger partial charge in [0.05, 0.1) is 22.7 Å². The summed E-state index contributed by atoms with van der Waals surface area (Å²) < 4.78 is 0. The van der Waals surface area contributed by atoms with Crippen molar-refractivity contribution in [3.8, 4) is 0 Å². The van der Waals surface area contributed by atoms with Gasteiger partial charge in [-0.25, -0.2) is 0 Å². The Kier molecular flexibility index (Phi) is 15.4. The highest BCUT2D eigenvalue weighted by molar-refractivity contribution is 6.06. The fraction of sp³-hybridized carbons (Fsp3) is 0.429. The van der Waals surface area contributed by atoms with E-state index in [0.29, 0.717) is 33.9 Å². The van der Waals surface area contributed by atoms with Crippen LogP contribution in [-0.4, -0.2) is 43.6 Å². The van der Waals surface area contributed by atoms with Gasteiger partial charge in [0.15, 0.2) is 0 Å². The molecule has 4 atom stereocenters. The SMILES string of the molecule is CC(C)(C)c1cc(C2=c3ccc([nH]3)=C(c3c(NC(=O)[C@H]4CC4(C)C)cccc3NC(=O)[C@@H]3CC3(C)C)c3ccc([nH]3)C(c3cc(C(C)(C)C)cc(C(C)(C)C)c3)=c3ccc([nH]3)=C(c3c(NC(=O)[C@H]4CC4(C)C)cccc3NC(=O)[C@@H]3CC3(C)C)c3ccc2[nH]3)cc(C(C)(C)C)c1. The summed E-state index contributed by atoms with van der Waals surface area (Å²) in [6.45, 7) is 44.2. The summed E-state index contributed by atoms with van der Waals surface area (Å²) in [5, 5.41) is 16.9. The molecule has 1 aliphatic heterocycles. The molecule has 12 heteroatoms. The highest BCUT2D eigenvalue weighted by Crippen LogP contribution is 2.55. The number of nitrogens with one attached hydrogen (secondary N) is 8. The first-order valence-corrected chi connectivity index (χ1v) is 34.8. The van der Waals surface area contributed by atoms with Crippen molar-refractivity contribution in [3.63, 3.8) is 0 Å². The molecule has 0 saturated heterocycles. The van der Waals surface area contributed by atoms with Crippen molar-refractivity contribution in [2.45, 2.75) is 186 Å². The van der Waals surface area contributed by atoms with Crippen LogP contribution >= 0.6 is 0 Å². The van der Waals surface area contributed by atoms with Crippen molar-refractivity contribution >= 4 is 68.7 Å². The van der Waals surface area contributed by atoms with Gasteiger partial charge < -0.3 is 41.2 Å². The first-order valence-electron chi connectivity index (χ1n) is 34.8. The van der Waals surface area contributed by atoms with Crippen molar-refractivity contribution in [1.29, 1.82) is 0 Å². The molecule has 8 aromatic rings. The summed E-state index contributed by atoms with van der Waals surface area (Å²) in [4.78, 5) is 74.8. The van der Waals surface area contributed by atoms with E-state index in [0.717, 1.165) is 103 Å². The standard InChI is InChI=1S/C84H100N8O4/c1-77(2,3)47-35-45(36-48(39-47)78(4,5)6)67-59-27-31-63(85-59)71(69-55(89-73(93)51-41-81(51,13)14)23-21-24-56(69)90-74(94)52-42-82(52,15)16)65-33-29-61(87-65)68(46-37-49(79(7,8)9)40-50(38-46)80(10,11)12)62-30-34-66(88-62)72(64-32-28-60(67)86-64)70-57(91-75(95)53-43-83(53,17)18)25-22-26-58(70)92-76(96)54-44-84(54,19)20/h21-40,51-54,85-88H,41-44H2,1-20H3,(H,89,93)(H,90,94)(H,91,95)(H,92,96)/t51-,52+,53-,54+. The molecule has 500 valence electrons. The van der Waals surface area contributed by atoms with E-state index in [9.17, 15) is 19.2 Å². The van der Waals surface area contributed by atoms with E-state index in [4.69, 9.17) is 0 Å². The Labute approximate surface area is 567 Å². The Morgan fingerprint density at radius 2 is 0.542 bits per heavy atom. The van der Waals surface area contributed by atoms with Crippen molar-refractivity contribution in [2.24, 2.45) is 45.3 Å². The van der Waals surface area contributed by atoms with Gasteiger partial charge in [0.25, 0.3) is 0 Å². The molecule has 4 fully saturated rings. The van der Waals surface area contributed by atoms with Crippen LogP contribution in [0.2, 0.25) is 0 Å². The number of hydrogen-bond donors (Lipinski definition) is 8. The molecule has 13 rings (SSSR count). The number of hydrogen-bond acceptors (Lipinski definition) is 4. The molecule has 0 radical (unpaired) electrons. The van der Waals surface area contributed by atoms with Crippen LogP contribution in [0.15, 0.2) is 121 Å². The van der Waals surface area contributed by atoms with Gasteiger partial charge in [-0.1, -0.05) is 187 Å². The third-order valence-corrected chi connectivity index (χ3v) is 21.8. The van der Waals surface area contributed by atoms with Crippen LogP contribution in [0.3, 0.4) is 0 Å². The van der Waals surface area contributed by atoms with Crippen LogP contribution in [0.25, 0.3) is 22.3 Å². The van der Waals surface area contributed by atoms with Crippen molar-refractivity contribution in [3.05, 3.63) is 210 Å². The highest BCUT2D eigenvalue weighted by Gasteiger charge is 2.53. The molecule has 0 unspecified atom stereocenters. The third-order valence-electron chi connectivity index (χ3n) is 21.8. The van der Waals surface area contributed by atoms with E-state index in [-0.39, 0.29) is 90.6 Å². The lowest BCUT2D eigenvalue weighted by atomic mass is 9.78. The lowest BCUT2D eigenvalue weighted by Crippen LogP contribution is -2.24. The number of anilines is 4. The van der Waals surface area contributed by atoms with Crippen LogP contribution in [0.1, 0.15) is 231 Å². The molecular weight excluding hydrogens is 1180 g/mol. The number of carbonyl (C=O) groups excluding carboxylic acids is 4. The smallest absolute Gasteiger partial charge is 0.228 e. The van der Waals surface area contributed by atoms with Crippen LogP contribution in [0, 0.1) is 45.3 Å².